The van der Waals surface area contributed by atoms with Crippen molar-refractivity contribution in [1.82, 2.24) is 5.32 Å². The predicted octanol–water partition coefficient (Wildman–Crippen LogP) is -0.0127. The van der Waals surface area contributed by atoms with Gasteiger partial charge in [0, 0.05) is 5.92 Å². The summed E-state index contributed by atoms with van der Waals surface area (Å²) in [6.45, 7) is -0.255. The molecule has 0 saturated heterocycles. The Morgan fingerprint density at radius 1 is 1.45 bits per heavy atom. The minimum Gasteiger partial charge on any atom is -0.480 e. The van der Waals surface area contributed by atoms with Crippen molar-refractivity contribution in [2.24, 2.45) is 5.92 Å². The number of carboxylic acids is 1. The highest BCUT2D eigenvalue weighted by atomic mass is 16.4. The van der Waals surface area contributed by atoms with Crippen molar-refractivity contribution in [3.63, 3.8) is 0 Å². The van der Waals surface area contributed by atoms with Crippen LogP contribution in [0.1, 0.15) is 19.3 Å². The molecule has 1 aliphatic carbocycles. The first-order chi connectivity index (χ1) is 5.20. The first-order valence-corrected chi connectivity index (χ1v) is 3.69. The zero-order valence-electron chi connectivity index (χ0n) is 6.17. The highest BCUT2D eigenvalue weighted by Gasteiger charge is 2.24. The second kappa shape index (κ2) is 3.37. The molecule has 1 fully saturated rings. The van der Waals surface area contributed by atoms with Gasteiger partial charge >= 0.3 is 5.97 Å². The molecule has 0 aromatic rings. The van der Waals surface area contributed by atoms with Gasteiger partial charge in [0.25, 0.3) is 0 Å². The molecular formula is C7H11NO3. The van der Waals surface area contributed by atoms with Crippen LogP contribution in [-0.4, -0.2) is 23.5 Å². The molecule has 62 valence electrons. The van der Waals surface area contributed by atoms with Crippen LogP contribution in [0.3, 0.4) is 0 Å². The first kappa shape index (κ1) is 8.04. The van der Waals surface area contributed by atoms with E-state index in [1.54, 1.807) is 0 Å². The summed E-state index contributed by atoms with van der Waals surface area (Å²) in [5, 5.41) is 10.6. The number of hydrogen-bond donors (Lipinski definition) is 2. The predicted molar refractivity (Wildman–Crippen MR) is 38.0 cm³/mol. The highest BCUT2D eigenvalue weighted by Crippen LogP contribution is 2.25. The average Bonchev–Trinajstić information content (AvgIpc) is 1.79. The van der Waals surface area contributed by atoms with Gasteiger partial charge in [-0.3, -0.25) is 9.59 Å². The number of carbonyl (C=O) groups excluding carboxylic acids is 1. The van der Waals surface area contributed by atoms with Crippen molar-refractivity contribution in [3.8, 4) is 0 Å². The molecule has 0 heterocycles. The summed E-state index contributed by atoms with van der Waals surface area (Å²) >= 11 is 0. The summed E-state index contributed by atoms with van der Waals surface area (Å²) in [6, 6.07) is 0. The Kier molecular flexibility index (Phi) is 2.46. The molecule has 0 radical (unpaired) electrons. The van der Waals surface area contributed by atoms with Crippen molar-refractivity contribution >= 4 is 11.9 Å². The fourth-order valence-electron chi connectivity index (χ4n) is 0.978. The topological polar surface area (TPSA) is 66.4 Å². The number of carbonyl (C=O) groups is 2. The minimum absolute atomic E-state index is 0.0781. The third-order valence-corrected chi connectivity index (χ3v) is 1.89. The van der Waals surface area contributed by atoms with E-state index in [0.717, 1.165) is 19.3 Å². The van der Waals surface area contributed by atoms with E-state index in [0.29, 0.717) is 0 Å². The second-order valence-corrected chi connectivity index (χ2v) is 2.74. The van der Waals surface area contributed by atoms with Crippen LogP contribution < -0.4 is 5.32 Å². The van der Waals surface area contributed by atoms with Gasteiger partial charge in [-0.05, 0) is 12.8 Å². The summed E-state index contributed by atoms with van der Waals surface area (Å²) in [6.07, 6.45) is 2.90. The molecule has 0 bridgehead atoms. The fraction of sp³-hybridized carbons (Fsp3) is 0.714. The van der Waals surface area contributed by atoms with Crippen LogP contribution in [-0.2, 0) is 9.59 Å². The maximum Gasteiger partial charge on any atom is 0.322 e. The molecule has 0 aliphatic heterocycles. The van der Waals surface area contributed by atoms with Crippen LogP contribution in [0.2, 0.25) is 0 Å². The van der Waals surface area contributed by atoms with Crippen LogP contribution >= 0.6 is 0 Å². The van der Waals surface area contributed by atoms with Gasteiger partial charge in [0.15, 0.2) is 0 Å². The van der Waals surface area contributed by atoms with E-state index in [4.69, 9.17) is 5.11 Å². The van der Waals surface area contributed by atoms with Gasteiger partial charge in [0.05, 0.1) is 0 Å². The minimum atomic E-state index is -0.988. The van der Waals surface area contributed by atoms with Crippen molar-refractivity contribution in [2.75, 3.05) is 6.54 Å². The summed E-state index contributed by atoms with van der Waals surface area (Å²) in [5.74, 6) is -1.02. The molecule has 0 aromatic heterocycles. The lowest BCUT2D eigenvalue weighted by Gasteiger charge is -2.23. The van der Waals surface area contributed by atoms with Crippen molar-refractivity contribution in [2.45, 2.75) is 19.3 Å². The van der Waals surface area contributed by atoms with Gasteiger partial charge in [-0.25, -0.2) is 0 Å². The van der Waals surface area contributed by atoms with Crippen molar-refractivity contribution in [1.29, 1.82) is 0 Å². The van der Waals surface area contributed by atoms with Gasteiger partial charge in [-0.1, -0.05) is 6.42 Å². The lowest BCUT2D eigenvalue weighted by Crippen LogP contribution is -2.37. The Morgan fingerprint density at radius 3 is 2.45 bits per heavy atom. The zero-order chi connectivity index (χ0) is 8.27. The molecule has 0 spiro atoms. The normalized spacial score (nSPS) is 17.1. The number of nitrogens with one attached hydrogen (secondary N) is 1. The highest BCUT2D eigenvalue weighted by molar-refractivity contribution is 5.83. The molecule has 4 nitrogen and oxygen atoms in total. The van der Waals surface area contributed by atoms with Crippen molar-refractivity contribution in [3.05, 3.63) is 0 Å². The number of hydrogen-bond acceptors (Lipinski definition) is 2. The molecule has 0 aromatic carbocycles. The van der Waals surface area contributed by atoms with Gasteiger partial charge < -0.3 is 10.4 Å². The lowest BCUT2D eigenvalue weighted by atomic mass is 9.85. The lowest BCUT2D eigenvalue weighted by molar-refractivity contribution is -0.139. The number of aliphatic carboxylic acids is 1. The largest absolute Gasteiger partial charge is 0.480 e. The van der Waals surface area contributed by atoms with E-state index in [1.807, 2.05) is 0 Å². The molecule has 2 N–H and O–H groups in total. The summed E-state index contributed by atoms with van der Waals surface area (Å²) < 4.78 is 0. The Hall–Kier alpha value is -1.06. The molecule has 1 saturated carbocycles. The van der Waals surface area contributed by atoms with Crippen LogP contribution in [0, 0.1) is 5.92 Å². The Morgan fingerprint density at radius 2 is 2.09 bits per heavy atom. The van der Waals surface area contributed by atoms with Gasteiger partial charge in [0.1, 0.15) is 6.54 Å². The molecule has 0 atom stereocenters. The standard InChI is InChI=1S/C7H11NO3/c9-6(10)4-8-7(11)5-2-1-3-5/h5H,1-4H2,(H,8,11)(H,9,10). The van der Waals surface area contributed by atoms with E-state index in [1.165, 1.54) is 0 Å². The van der Waals surface area contributed by atoms with Crippen LogP contribution in [0.15, 0.2) is 0 Å². The van der Waals surface area contributed by atoms with Crippen LogP contribution in [0.4, 0.5) is 0 Å². The maximum atomic E-state index is 11.0. The van der Waals surface area contributed by atoms with E-state index in [9.17, 15) is 9.59 Å². The van der Waals surface area contributed by atoms with E-state index >= 15 is 0 Å². The zero-order valence-corrected chi connectivity index (χ0v) is 6.17. The Bertz CT molecular complexity index is 175. The summed E-state index contributed by atoms with van der Waals surface area (Å²) in [5.41, 5.74) is 0. The van der Waals surface area contributed by atoms with Gasteiger partial charge in [-0.2, -0.15) is 0 Å². The monoisotopic (exact) mass is 157 g/mol. The third kappa shape index (κ3) is 2.22. The number of carboxylic acid groups (broad SMARTS) is 1. The van der Waals surface area contributed by atoms with E-state index in [-0.39, 0.29) is 18.4 Å². The molecule has 4 heteroatoms. The van der Waals surface area contributed by atoms with Crippen LogP contribution in [0.5, 0.6) is 0 Å². The molecule has 1 aliphatic rings. The smallest absolute Gasteiger partial charge is 0.322 e. The van der Waals surface area contributed by atoms with Crippen molar-refractivity contribution < 1.29 is 14.7 Å². The second-order valence-electron chi connectivity index (χ2n) is 2.74. The van der Waals surface area contributed by atoms with E-state index in [2.05, 4.69) is 5.32 Å². The first-order valence-electron chi connectivity index (χ1n) is 3.69. The van der Waals surface area contributed by atoms with Gasteiger partial charge in [-0.15, -0.1) is 0 Å². The molecule has 11 heavy (non-hydrogen) atoms. The number of rotatable bonds is 3. The Labute approximate surface area is 64.6 Å². The molecule has 1 rings (SSSR count). The Balaban J connectivity index is 2.15. The van der Waals surface area contributed by atoms with Gasteiger partial charge in [0.2, 0.25) is 5.91 Å². The average molecular weight is 157 g/mol. The summed E-state index contributed by atoms with van der Waals surface area (Å²) in [4.78, 5) is 21.0. The SMILES string of the molecule is O=C(O)CNC(=O)C1CCC1. The molecule has 1 amide bonds. The number of amides is 1. The maximum absolute atomic E-state index is 11.0. The summed E-state index contributed by atoms with van der Waals surface area (Å²) in [7, 11) is 0. The van der Waals surface area contributed by atoms with Crippen LogP contribution in [0.25, 0.3) is 0 Å². The quantitative estimate of drug-likeness (QED) is 0.605. The van der Waals surface area contributed by atoms with E-state index < -0.39 is 5.97 Å². The molecule has 0 unspecified atom stereocenters. The third-order valence-electron chi connectivity index (χ3n) is 1.89. The molecular weight excluding hydrogens is 146 g/mol. The fourth-order valence-corrected chi connectivity index (χ4v) is 0.978.